The van der Waals surface area contributed by atoms with E-state index in [1.54, 1.807) is 0 Å². The third-order valence-electron chi connectivity index (χ3n) is 3.52. The van der Waals surface area contributed by atoms with Crippen molar-refractivity contribution in [2.24, 2.45) is 0 Å². The lowest BCUT2D eigenvalue weighted by atomic mass is 10.0. The molecule has 130 valence electrons. The average molecular weight is 357 g/mol. The van der Waals surface area contributed by atoms with E-state index in [4.69, 9.17) is 0 Å². The molecule has 25 heavy (non-hydrogen) atoms. The SMILES string of the molecule is FC(F)(F)c1ccc(-c2n[nH]nc2-c2ccc(C(F)(F)F)cc2)cc1. The van der Waals surface area contributed by atoms with Gasteiger partial charge in [-0.15, -0.1) is 0 Å². The topological polar surface area (TPSA) is 41.6 Å². The van der Waals surface area contributed by atoms with Crippen molar-refractivity contribution in [2.45, 2.75) is 12.4 Å². The zero-order valence-corrected chi connectivity index (χ0v) is 12.3. The van der Waals surface area contributed by atoms with Crippen LogP contribution in [0.4, 0.5) is 26.3 Å². The molecule has 1 aromatic heterocycles. The summed E-state index contributed by atoms with van der Waals surface area (Å²) in [6.07, 6.45) is -8.92. The molecule has 0 saturated heterocycles. The molecule has 0 aliphatic carbocycles. The highest BCUT2D eigenvalue weighted by Crippen LogP contribution is 2.34. The van der Waals surface area contributed by atoms with Gasteiger partial charge in [-0.2, -0.15) is 41.8 Å². The summed E-state index contributed by atoms with van der Waals surface area (Å²) in [4.78, 5) is 0. The van der Waals surface area contributed by atoms with E-state index in [9.17, 15) is 26.3 Å². The van der Waals surface area contributed by atoms with Crippen LogP contribution in [0.15, 0.2) is 48.5 Å². The Hall–Kier alpha value is -2.84. The van der Waals surface area contributed by atoms with Crippen LogP contribution < -0.4 is 0 Å². The van der Waals surface area contributed by atoms with E-state index in [2.05, 4.69) is 15.4 Å². The Morgan fingerprint density at radius 2 is 0.880 bits per heavy atom. The van der Waals surface area contributed by atoms with Crippen molar-refractivity contribution in [1.29, 1.82) is 0 Å². The zero-order chi connectivity index (χ0) is 18.2. The van der Waals surface area contributed by atoms with Crippen molar-refractivity contribution < 1.29 is 26.3 Å². The fourth-order valence-electron chi connectivity index (χ4n) is 2.27. The number of nitrogens with zero attached hydrogens (tertiary/aromatic N) is 2. The molecule has 0 saturated carbocycles. The highest BCUT2D eigenvalue weighted by molar-refractivity contribution is 5.77. The van der Waals surface area contributed by atoms with Gasteiger partial charge >= 0.3 is 12.4 Å². The molecule has 0 unspecified atom stereocenters. The Balaban J connectivity index is 1.96. The number of H-pyrrole nitrogens is 1. The maximum absolute atomic E-state index is 12.6. The molecule has 0 atom stereocenters. The van der Waals surface area contributed by atoms with Gasteiger partial charge in [-0.1, -0.05) is 24.3 Å². The van der Waals surface area contributed by atoms with Crippen LogP contribution in [0.25, 0.3) is 22.5 Å². The van der Waals surface area contributed by atoms with Crippen molar-refractivity contribution in [3.05, 3.63) is 59.7 Å². The second-order valence-electron chi connectivity index (χ2n) is 5.17. The van der Waals surface area contributed by atoms with Gasteiger partial charge in [-0.05, 0) is 24.3 Å². The first kappa shape index (κ1) is 17.0. The van der Waals surface area contributed by atoms with Crippen molar-refractivity contribution >= 4 is 0 Å². The van der Waals surface area contributed by atoms with Crippen molar-refractivity contribution in [2.75, 3.05) is 0 Å². The van der Waals surface area contributed by atoms with Crippen LogP contribution in [0, 0.1) is 0 Å². The first-order valence-electron chi connectivity index (χ1n) is 6.92. The first-order valence-corrected chi connectivity index (χ1v) is 6.92. The summed E-state index contributed by atoms with van der Waals surface area (Å²) in [5.41, 5.74) is -0.415. The molecule has 9 heteroatoms. The number of benzene rings is 2. The summed E-state index contributed by atoms with van der Waals surface area (Å²) < 4.78 is 75.7. The lowest BCUT2D eigenvalue weighted by molar-refractivity contribution is -0.138. The van der Waals surface area contributed by atoms with Gasteiger partial charge in [0.1, 0.15) is 11.4 Å². The summed E-state index contributed by atoms with van der Waals surface area (Å²) >= 11 is 0. The predicted octanol–water partition coefficient (Wildman–Crippen LogP) is 5.18. The Labute approximate surface area is 137 Å². The minimum atomic E-state index is -4.46. The number of halogens is 6. The first-order chi connectivity index (χ1) is 11.7. The van der Waals surface area contributed by atoms with Crippen LogP contribution in [0.1, 0.15) is 11.1 Å². The van der Waals surface area contributed by atoms with Crippen LogP contribution in [-0.4, -0.2) is 15.4 Å². The summed E-state index contributed by atoms with van der Waals surface area (Å²) in [7, 11) is 0. The van der Waals surface area contributed by atoms with E-state index in [0.717, 1.165) is 24.3 Å². The Morgan fingerprint density at radius 1 is 0.560 bits per heavy atom. The van der Waals surface area contributed by atoms with Crippen molar-refractivity contribution in [1.82, 2.24) is 15.4 Å². The maximum Gasteiger partial charge on any atom is 0.416 e. The quantitative estimate of drug-likeness (QED) is 0.643. The summed E-state index contributed by atoms with van der Waals surface area (Å²) in [5, 5.41) is 10.1. The summed E-state index contributed by atoms with van der Waals surface area (Å²) in [5.74, 6) is 0. The second-order valence-corrected chi connectivity index (χ2v) is 5.17. The number of aromatic nitrogens is 3. The Morgan fingerprint density at radius 3 is 1.16 bits per heavy atom. The lowest BCUT2D eigenvalue weighted by Gasteiger charge is -2.08. The van der Waals surface area contributed by atoms with Gasteiger partial charge in [0.2, 0.25) is 0 Å². The molecule has 3 rings (SSSR count). The van der Waals surface area contributed by atoms with Crippen LogP contribution in [-0.2, 0) is 12.4 Å². The number of rotatable bonds is 2. The van der Waals surface area contributed by atoms with Crippen molar-refractivity contribution in [3.63, 3.8) is 0 Å². The molecular formula is C16H9F6N3. The number of hydrogen-bond acceptors (Lipinski definition) is 2. The average Bonchev–Trinajstić information content (AvgIpc) is 3.03. The van der Waals surface area contributed by atoms with Gasteiger partial charge in [-0.3, -0.25) is 0 Å². The minimum absolute atomic E-state index is 0.244. The third-order valence-corrected chi connectivity index (χ3v) is 3.52. The standard InChI is InChI=1S/C16H9F6N3/c17-15(18,19)11-5-1-9(2-6-11)13-14(24-25-23-13)10-3-7-12(8-4-10)16(20,21)22/h1-8H,(H,23,24,25). The molecule has 3 aromatic rings. The molecule has 0 aliphatic heterocycles. The fraction of sp³-hybridized carbons (Fsp3) is 0.125. The monoisotopic (exact) mass is 357 g/mol. The molecule has 0 aliphatic rings. The third kappa shape index (κ3) is 3.49. The van der Waals surface area contributed by atoms with Crippen LogP contribution in [0.5, 0.6) is 0 Å². The van der Waals surface area contributed by atoms with E-state index in [1.807, 2.05) is 0 Å². The van der Waals surface area contributed by atoms with Crippen molar-refractivity contribution in [3.8, 4) is 22.5 Å². The smallest absolute Gasteiger partial charge is 0.197 e. The molecule has 0 radical (unpaired) electrons. The number of aromatic amines is 1. The van der Waals surface area contributed by atoms with Gasteiger partial charge < -0.3 is 0 Å². The second kappa shape index (κ2) is 5.91. The van der Waals surface area contributed by atoms with E-state index in [-0.39, 0.29) is 11.4 Å². The Bertz CT molecular complexity index is 789. The van der Waals surface area contributed by atoms with E-state index >= 15 is 0 Å². The van der Waals surface area contributed by atoms with Gasteiger partial charge in [0.25, 0.3) is 0 Å². The molecule has 0 fully saturated rings. The zero-order valence-electron chi connectivity index (χ0n) is 12.3. The molecule has 3 nitrogen and oxygen atoms in total. The van der Waals surface area contributed by atoms with Gasteiger partial charge in [0.15, 0.2) is 0 Å². The Kier molecular flexibility index (Phi) is 4.02. The lowest BCUT2D eigenvalue weighted by Crippen LogP contribution is -2.04. The summed E-state index contributed by atoms with van der Waals surface area (Å²) in [6.45, 7) is 0. The predicted molar refractivity (Wildman–Crippen MR) is 77.3 cm³/mol. The van der Waals surface area contributed by atoms with Gasteiger partial charge in [0.05, 0.1) is 11.1 Å². The molecule has 0 bridgehead atoms. The fourth-order valence-corrected chi connectivity index (χ4v) is 2.27. The molecule has 1 heterocycles. The number of hydrogen-bond donors (Lipinski definition) is 1. The normalized spacial score (nSPS) is 12.4. The van der Waals surface area contributed by atoms with Gasteiger partial charge in [-0.25, -0.2) is 0 Å². The van der Waals surface area contributed by atoms with E-state index in [1.165, 1.54) is 24.3 Å². The number of nitrogens with one attached hydrogen (secondary N) is 1. The molecular weight excluding hydrogens is 348 g/mol. The molecule has 0 amide bonds. The minimum Gasteiger partial charge on any atom is -0.197 e. The summed E-state index contributed by atoms with van der Waals surface area (Å²) in [6, 6.07) is 8.53. The highest BCUT2D eigenvalue weighted by Gasteiger charge is 2.31. The highest BCUT2D eigenvalue weighted by atomic mass is 19.4. The van der Waals surface area contributed by atoms with Crippen LogP contribution in [0.2, 0.25) is 0 Å². The van der Waals surface area contributed by atoms with Gasteiger partial charge in [0, 0.05) is 11.1 Å². The van der Waals surface area contributed by atoms with E-state index < -0.39 is 23.5 Å². The molecule has 2 aromatic carbocycles. The number of alkyl halides is 6. The maximum atomic E-state index is 12.6. The molecule has 0 spiro atoms. The van der Waals surface area contributed by atoms with E-state index in [0.29, 0.717) is 11.1 Å². The molecule has 1 N–H and O–H groups in total. The van der Waals surface area contributed by atoms with Crippen LogP contribution >= 0.6 is 0 Å². The largest absolute Gasteiger partial charge is 0.416 e. The van der Waals surface area contributed by atoms with Crippen LogP contribution in [0.3, 0.4) is 0 Å².